The Bertz CT molecular complexity index is 948. The maximum absolute atomic E-state index is 13.9. The van der Waals surface area contributed by atoms with Gasteiger partial charge in [0, 0.05) is 10.4 Å². The van der Waals surface area contributed by atoms with E-state index in [4.69, 9.17) is 11.6 Å². The zero-order valence-corrected chi connectivity index (χ0v) is 15.9. The first-order valence-corrected chi connectivity index (χ1v) is 10.00. The number of benzene rings is 2. The van der Waals surface area contributed by atoms with Gasteiger partial charge in [-0.15, -0.1) is 0 Å². The molecule has 2 aromatic rings. The zero-order valence-electron chi connectivity index (χ0n) is 12.7. The molecule has 0 radical (unpaired) electrons. The van der Waals surface area contributed by atoms with E-state index < -0.39 is 15.8 Å². The number of anilines is 2. The number of sulfonamides is 1. The van der Waals surface area contributed by atoms with Crippen molar-refractivity contribution in [2.45, 2.75) is 17.7 Å². The lowest BCUT2D eigenvalue weighted by Crippen LogP contribution is -2.16. The van der Waals surface area contributed by atoms with Crippen molar-refractivity contribution in [3.63, 3.8) is 0 Å². The summed E-state index contributed by atoms with van der Waals surface area (Å²) < 4.78 is 41.8. The summed E-state index contributed by atoms with van der Waals surface area (Å²) in [5.41, 5.74) is 0.0467. The van der Waals surface area contributed by atoms with Gasteiger partial charge >= 0.3 is 0 Å². The van der Waals surface area contributed by atoms with Crippen LogP contribution in [0.4, 0.5) is 15.8 Å². The van der Waals surface area contributed by atoms with Crippen LogP contribution in [0.5, 0.6) is 0 Å². The summed E-state index contributed by atoms with van der Waals surface area (Å²) in [6.45, 7) is 0. The van der Waals surface area contributed by atoms with Crippen molar-refractivity contribution in [3.8, 4) is 0 Å². The van der Waals surface area contributed by atoms with E-state index in [9.17, 15) is 17.6 Å². The predicted molar refractivity (Wildman–Crippen MR) is 97.7 cm³/mol. The van der Waals surface area contributed by atoms with E-state index in [2.05, 4.69) is 26.0 Å². The van der Waals surface area contributed by atoms with E-state index in [1.807, 2.05) is 0 Å². The number of nitrogens with one attached hydrogen (secondary N) is 2. The Hall–Kier alpha value is -1.64. The molecule has 0 unspecified atom stereocenters. The third-order valence-electron chi connectivity index (χ3n) is 3.61. The lowest BCUT2D eigenvalue weighted by atomic mass is 10.2. The fourth-order valence-electron chi connectivity index (χ4n) is 2.17. The number of halogens is 3. The second kappa shape index (κ2) is 6.93. The van der Waals surface area contributed by atoms with Gasteiger partial charge in [0.05, 0.1) is 16.4 Å². The van der Waals surface area contributed by atoms with Gasteiger partial charge in [-0.25, -0.2) is 12.8 Å². The zero-order chi connectivity index (χ0) is 18.2. The van der Waals surface area contributed by atoms with Crippen LogP contribution in [0.2, 0.25) is 5.02 Å². The van der Waals surface area contributed by atoms with Gasteiger partial charge in [-0.1, -0.05) is 27.5 Å². The molecule has 0 aromatic heterocycles. The van der Waals surface area contributed by atoms with Gasteiger partial charge in [0.15, 0.2) is 0 Å². The van der Waals surface area contributed by atoms with Crippen LogP contribution in [0, 0.1) is 11.7 Å². The molecule has 0 aliphatic heterocycles. The first kappa shape index (κ1) is 18.2. The highest BCUT2D eigenvalue weighted by atomic mass is 79.9. The van der Waals surface area contributed by atoms with Crippen LogP contribution in [0.1, 0.15) is 12.8 Å². The molecule has 5 nitrogen and oxygen atoms in total. The summed E-state index contributed by atoms with van der Waals surface area (Å²) in [6.07, 6.45) is 1.56. The smallest absolute Gasteiger partial charge is 0.263 e. The van der Waals surface area contributed by atoms with Crippen molar-refractivity contribution in [2.24, 2.45) is 5.92 Å². The normalized spacial score (nSPS) is 14.2. The van der Waals surface area contributed by atoms with E-state index in [1.165, 1.54) is 24.3 Å². The Morgan fingerprint density at radius 3 is 2.56 bits per heavy atom. The van der Waals surface area contributed by atoms with Gasteiger partial charge in [0.1, 0.15) is 10.7 Å². The van der Waals surface area contributed by atoms with Crippen LogP contribution in [0.25, 0.3) is 0 Å². The molecule has 2 aromatic carbocycles. The molecule has 0 bridgehead atoms. The van der Waals surface area contributed by atoms with Crippen LogP contribution in [0.15, 0.2) is 45.8 Å². The molecule has 0 saturated heterocycles. The van der Waals surface area contributed by atoms with Crippen molar-refractivity contribution in [3.05, 3.63) is 51.7 Å². The van der Waals surface area contributed by atoms with Crippen LogP contribution < -0.4 is 10.0 Å². The largest absolute Gasteiger partial charge is 0.323 e. The Balaban J connectivity index is 1.85. The highest BCUT2D eigenvalue weighted by Gasteiger charge is 2.30. The SMILES string of the molecule is O=C(Nc1cc(NS(=O)(=O)c2ccc(Br)cc2Cl)ccc1F)C1CC1. The highest BCUT2D eigenvalue weighted by Crippen LogP contribution is 2.32. The molecule has 132 valence electrons. The number of carbonyl (C=O) groups excluding carboxylic acids is 1. The van der Waals surface area contributed by atoms with Gasteiger partial charge in [0.2, 0.25) is 5.91 Å². The number of rotatable bonds is 5. The topological polar surface area (TPSA) is 75.3 Å². The number of hydrogen-bond donors (Lipinski definition) is 2. The van der Waals surface area contributed by atoms with Crippen LogP contribution in [0.3, 0.4) is 0 Å². The molecule has 1 aliphatic rings. The first-order valence-electron chi connectivity index (χ1n) is 7.34. The van der Waals surface area contributed by atoms with E-state index in [0.29, 0.717) is 4.47 Å². The molecule has 0 atom stereocenters. The average molecular weight is 448 g/mol. The molecule has 3 rings (SSSR count). The minimum absolute atomic E-state index is 0.0475. The summed E-state index contributed by atoms with van der Waals surface area (Å²) in [4.78, 5) is 11.7. The lowest BCUT2D eigenvalue weighted by molar-refractivity contribution is -0.117. The van der Waals surface area contributed by atoms with Crippen LogP contribution >= 0.6 is 27.5 Å². The fourth-order valence-corrected chi connectivity index (χ4v) is 4.26. The highest BCUT2D eigenvalue weighted by molar-refractivity contribution is 9.10. The molecular weight excluding hydrogens is 435 g/mol. The van der Waals surface area contributed by atoms with Crippen molar-refractivity contribution in [2.75, 3.05) is 10.0 Å². The van der Waals surface area contributed by atoms with Gasteiger partial charge < -0.3 is 5.32 Å². The minimum Gasteiger partial charge on any atom is -0.323 e. The number of amides is 1. The summed E-state index contributed by atoms with van der Waals surface area (Å²) >= 11 is 9.19. The first-order chi connectivity index (χ1) is 11.8. The van der Waals surface area contributed by atoms with Crippen molar-refractivity contribution in [1.29, 1.82) is 0 Å². The Labute approximate surface area is 157 Å². The molecular formula is C16H13BrClFN2O3S. The maximum Gasteiger partial charge on any atom is 0.263 e. The molecule has 9 heteroatoms. The third-order valence-corrected chi connectivity index (χ3v) is 5.97. The van der Waals surface area contributed by atoms with Crippen molar-refractivity contribution < 1.29 is 17.6 Å². The Morgan fingerprint density at radius 1 is 1.20 bits per heavy atom. The number of hydrogen-bond acceptors (Lipinski definition) is 3. The van der Waals surface area contributed by atoms with E-state index in [0.717, 1.165) is 18.9 Å². The van der Waals surface area contributed by atoms with Gasteiger partial charge in [-0.2, -0.15) is 0 Å². The second-order valence-electron chi connectivity index (χ2n) is 5.64. The van der Waals surface area contributed by atoms with Crippen LogP contribution in [-0.2, 0) is 14.8 Å². The maximum atomic E-state index is 13.9. The third kappa shape index (κ3) is 4.31. The molecule has 25 heavy (non-hydrogen) atoms. The second-order valence-corrected chi connectivity index (χ2v) is 8.61. The van der Waals surface area contributed by atoms with Crippen molar-refractivity contribution in [1.82, 2.24) is 0 Å². The summed E-state index contributed by atoms with van der Waals surface area (Å²) in [5.74, 6) is -1.00. The molecule has 1 amide bonds. The standard InChI is InChI=1S/C16H13BrClFN2O3S/c17-10-3-6-15(12(18)7-10)25(23,24)21-11-4-5-13(19)14(8-11)20-16(22)9-1-2-9/h3-9,21H,1-2H2,(H,20,22). The lowest BCUT2D eigenvalue weighted by Gasteiger charge is -2.12. The average Bonchev–Trinajstić information content (AvgIpc) is 3.34. The Kier molecular flexibility index (Phi) is 5.04. The number of carbonyl (C=O) groups is 1. The molecule has 0 heterocycles. The van der Waals surface area contributed by atoms with Crippen LogP contribution in [-0.4, -0.2) is 14.3 Å². The van der Waals surface area contributed by atoms with Gasteiger partial charge in [-0.05, 0) is 49.2 Å². The monoisotopic (exact) mass is 446 g/mol. The molecule has 2 N–H and O–H groups in total. The summed E-state index contributed by atoms with van der Waals surface area (Å²) in [5, 5.41) is 2.52. The van der Waals surface area contributed by atoms with E-state index in [-0.39, 0.29) is 33.1 Å². The van der Waals surface area contributed by atoms with Crippen molar-refractivity contribution >= 4 is 54.8 Å². The van der Waals surface area contributed by atoms with E-state index in [1.54, 1.807) is 6.07 Å². The quantitative estimate of drug-likeness (QED) is 0.714. The Morgan fingerprint density at radius 2 is 1.92 bits per heavy atom. The molecule has 1 fully saturated rings. The summed E-state index contributed by atoms with van der Waals surface area (Å²) in [6, 6.07) is 7.96. The van der Waals surface area contributed by atoms with Gasteiger partial charge in [0.25, 0.3) is 10.0 Å². The minimum atomic E-state index is -3.96. The summed E-state index contributed by atoms with van der Waals surface area (Å²) in [7, 11) is -3.96. The molecule has 1 saturated carbocycles. The van der Waals surface area contributed by atoms with E-state index >= 15 is 0 Å². The predicted octanol–water partition coefficient (Wildman–Crippen LogP) is 4.39. The molecule has 1 aliphatic carbocycles. The molecule has 0 spiro atoms. The van der Waals surface area contributed by atoms with Gasteiger partial charge in [-0.3, -0.25) is 9.52 Å². The fraction of sp³-hybridized carbons (Fsp3) is 0.188.